The van der Waals surface area contributed by atoms with E-state index in [0.29, 0.717) is 0 Å². The molecule has 0 unspecified atom stereocenters. The molecule has 2 nitrogen and oxygen atoms in total. The second kappa shape index (κ2) is 9.76. The molecule has 11 heavy (non-hydrogen) atoms. The molecular formula is C8H18ClNO. The molecule has 0 N–H and O–H groups in total. The first kappa shape index (κ1) is 13.4. The van der Waals surface area contributed by atoms with Crippen LogP contribution in [0.4, 0.5) is 0 Å². The van der Waals surface area contributed by atoms with Crippen LogP contribution >= 0.6 is 0 Å². The maximum absolute atomic E-state index is 5.27. The summed E-state index contributed by atoms with van der Waals surface area (Å²) in [4.78, 5) is 5.27. The monoisotopic (exact) mass is 179 g/mol. The van der Waals surface area contributed by atoms with Gasteiger partial charge in [-0.05, 0) is 11.2 Å². The molecule has 0 bridgehead atoms. The van der Waals surface area contributed by atoms with Gasteiger partial charge in [-0.25, -0.2) is 0 Å². The number of hydrogen-bond acceptors (Lipinski definition) is 1. The van der Waals surface area contributed by atoms with E-state index in [-0.39, 0.29) is 12.4 Å². The molecular weight excluding hydrogens is 162 g/mol. The van der Waals surface area contributed by atoms with Crippen molar-refractivity contribution in [3.8, 4) is 0 Å². The summed E-state index contributed by atoms with van der Waals surface area (Å²) in [6, 6.07) is 0. The van der Waals surface area contributed by atoms with E-state index in [1.54, 1.807) is 4.74 Å². The Bertz CT molecular complexity index is 104. The number of hydrogen-bond donors (Lipinski definition) is 0. The van der Waals surface area contributed by atoms with Crippen LogP contribution in [-0.4, -0.2) is 24.6 Å². The molecule has 0 aliphatic carbocycles. The van der Waals surface area contributed by atoms with Crippen LogP contribution < -0.4 is 12.4 Å². The second-order valence-corrected chi connectivity index (χ2v) is 2.34. The fourth-order valence-electron chi connectivity index (χ4n) is 0.635. The molecule has 0 aromatic rings. The zero-order valence-electron chi connectivity index (χ0n) is 7.64. The summed E-state index contributed by atoms with van der Waals surface area (Å²) >= 11 is 0. The van der Waals surface area contributed by atoms with Crippen molar-refractivity contribution in [3.05, 3.63) is 0 Å². The SMILES string of the molecule is CC=[N+](C)OCCCCC.[Cl-]. The molecule has 0 saturated carbocycles. The third-order valence-corrected chi connectivity index (χ3v) is 1.41. The van der Waals surface area contributed by atoms with Crippen LogP contribution in [0, 0.1) is 0 Å². The number of rotatable bonds is 5. The quantitative estimate of drug-likeness (QED) is 0.225. The molecule has 0 rings (SSSR count). The van der Waals surface area contributed by atoms with Crippen molar-refractivity contribution < 1.29 is 22.0 Å². The van der Waals surface area contributed by atoms with Crippen LogP contribution in [-0.2, 0) is 4.84 Å². The summed E-state index contributed by atoms with van der Waals surface area (Å²) in [6.45, 7) is 4.99. The molecule has 0 radical (unpaired) electrons. The number of hydroxylamine groups is 1. The summed E-state index contributed by atoms with van der Waals surface area (Å²) in [5, 5.41) is 0. The fraction of sp³-hybridized carbons (Fsp3) is 0.875. The molecule has 0 aromatic carbocycles. The largest absolute Gasteiger partial charge is 1.00 e. The lowest BCUT2D eigenvalue weighted by molar-refractivity contribution is -0.766. The van der Waals surface area contributed by atoms with E-state index in [4.69, 9.17) is 4.84 Å². The normalized spacial score (nSPS) is 10.6. The van der Waals surface area contributed by atoms with Gasteiger partial charge < -0.3 is 12.4 Å². The van der Waals surface area contributed by atoms with Gasteiger partial charge in [-0.15, -0.1) is 0 Å². The highest BCUT2D eigenvalue weighted by molar-refractivity contribution is 5.46. The van der Waals surface area contributed by atoms with Crippen molar-refractivity contribution >= 4 is 6.21 Å². The number of unbranched alkanes of at least 4 members (excludes halogenated alkanes) is 2. The molecule has 3 heteroatoms. The Morgan fingerprint density at radius 2 is 2.00 bits per heavy atom. The van der Waals surface area contributed by atoms with Crippen molar-refractivity contribution in [3.63, 3.8) is 0 Å². The molecule has 0 heterocycles. The number of nitrogens with zero attached hydrogens (tertiary/aromatic N) is 1. The lowest BCUT2D eigenvalue weighted by Gasteiger charge is -1.96. The van der Waals surface area contributed by atoms with Gasteiger partial charge in [0.05, 0.1) is 0 Å². The Hall–Kier alpha value is -0.240. The zero-order valence-corrected chi connectivity index (χ0v) is 8.40. The minimum atomic E-state index is 0. The minimum absolute atomic E-state index is 0. The van der Waals surface area contributed by atoms with Crippen LogP contribution in [0.2, 0.25) is 0 Å². The molecule has 68 valence electrons. The van der Waals surface area contributed by atoms with E-state index in [0.717, 1.165) is 13.0 Å². The molecule has 0 spiro atoms. The maximum atomic E-state index is 5.27. The van der Waals surface area contributed by atoms with Crippen LogP contribution in [0.25, 0.3) is 0 Å². The van der Waals surface area contributed by atoms with Gasteiger partial charge in [-0.1, -0.05) is 19.8 Å². The third-order valence-electron chi connectivity index (χ3n) is 1.41. The zero-order chi connectivity index (χ0) is 7.82. The van der Waals surface area contributed by atoms with Crippen LogP contribution in [0.5, 0.6) is 0 Å². The Kier molecular flexibility index (Phi) is 11.9. The minimum Gasteiger partial charge on any atom is -1.00 e. The molecule has 0 fully saturated rings. The van der Waals surface area contributed by atoms with E-state index in [1.807, 2.05) is 20.2 Å². The van der Waals surface area contributed by atoms with Crippen molar-refractivity contribution in [2.24, 2.45) is 0 Å². The fourth-order valence-corrected chi connectivity index (χ4v) is 0.635. The molecule has 0 aliphatic rings. The summed E-state index contributed by atoms with van der Waals surface area (Å²) < 4.78 is 1.75. The smallest absolute Gasteiger partial charge is 0.189 e. The molecule has 0 saturated heterocycles. The predicted molar refractivity (Wildman–Crippen MR) is 43.4 cm³/mol. The van der Waals surface area contributed by atoms with E-state index < -0.39 is 0 Å². The van der Waals surface area contributed by atoms with Crippen LogP contribution in [0.15, 0.2) is 0 Å². The first-order chi connectivity index (χ1) is 4.81. The third kappa shape index (κ3) is 9.76. The van der Waals surface area contributed by atoms with Crippen molar-refractivity contribution in [1.29, 1.82) is 0 Å². The Balaban J connectivity index is 0. The lowest BCUT2D eigenvalue weighted by Crippen LogP contribution is -3.00. The average Bonchev–Trinajstić information content (AvgIpc) is 1.98. The van der Waals surface area contributed by atoms with Crippen LogP contribution in [0.1, 0.15) is 33.1 Å². The van der Waals surface area contributed by atoms with Gasteiger partial charge in [0.2, 0.25) is 0 Å². The van der Waals surface area contributed by atoms with Gasteiger partial charge in [0, 0.05) is 6.92 Å². The van der Waals surface area contributed by atoms with Gasteiger partial charge in [0.1, 0.15) is 0 Å². The van der Waals surface area contributed by atoms with E-state index >= 15 is 0 Å². The summed E-state index contributed by atoms with van der Waals surface area (Å²) in [5.41, 5.74) is 0. The lowest BCUT2D eigenvalue weighted by atomic mass is 10.3. The highest BCUT2D eigenvalue weighted by Crippen LogP contribution is 1.93. The first-order valence-corrected chi connectivity index (χ1v) is 3.96. The molecule has 0 aromatic heterocycles. The van der Waals surface area contributed by atoms with Gasteiger partial charge in [0.25, 0.3) is 0 Å². The molecule has 0 atom stereocenters. The topological polar surface area (TPSA) is 12.2 Å². The van der Waals surface area contributed by atoms with Gasteiger partial charge in [-0.3, -0.25) is 4.84 Å². The Morgan fingerprint density at radius 3 is 2.45 bits per heavy atom. The standard InChI is InChI=1S/C8H18NO.ClH/c1-4-6-7-8-10-9(3)5-2;/h5H,4,6-8H2,1-3H3;1H/q+1;/p-1. The predicted octanol–water partition coefficient (Wildman–Crippen LogP) is -1.15. The molecule has 0 amide bonds. The van der Waals surface area contributed by atoms with E-state index in [2.05, 4.69) is 6.92 Å². The van der Waals surface area contributed by atoms with Gasteiger partial charge in [0.15, 0.2) is 19.9 Å². The van der Waals surface area contributed by atoms with Crippen LogP contribution in [0.3, 0.4) is 0 Å². The average molecular weight is 180 g/mol. The Morgan fingerprint density at radius 1 is 1.36 bits per heavy atom. The van der Waals surface area contributed by atoms with Gasteiger partial charge in [-0.2, -0.15) is 0 Å². The van der Waals surface area contributed by atoms with E-state index in [9.17, 15) is 0 Å². The van der Waals surface area contributed by atoms with Crippen molar-refractivity contribution in [1.82, 2.24) is 0 Å². The van der Waals surface area contributed by atoms with Crippen molar-refractivity contribution in [2.45, 2.75) is 33.1 Å². The van der Waals surface area contributed by atoms with Gasteiger partial charge >= 0.3 is 0 Å². The Labute approximate surface area is 75.6 Å². The van der Waals surface area contributed by atoms with Crippen molar-refractivity contribution in [2.75, 3.05) is 13.7 Å². The highest BCUT2D eigenvalue weighted by Gasteiger charge is 1.92. The first-order valence-electron chi connectivity index (χ1n) is 3.96. The molecule has 0 aliphatic heterocycles. The van der Waals surface area contributed by atoms with E-state index in [1.165, 1.54) is 12.8 Å². The summed E-state index contributed by atoms with van der Waals surface area (Å²) in [5.74, 6) is 0. The summed E-state index contributed by atoms with van der Waals surface area (Å²) in [6.07, 6.45) is 5.58. The summed E-state index contributed by atoms with van der Waals surface area (Å²) in [7, 11) is 1.91. The highest BCUT2D eigenvalue weighted by atomic mass is 35.5. The number of halogens is 1. The maximum Gasteiger partial charge on any atom is 0.189 e. The second-order valence-electron chi connectivity index (χ2n) is 2.34.